The Morgan fingerprint density at radius 3 is 2.83 bits per heavy atom. The van der Waals surface area contributed by atoms with Crippen LogP contribution >= 0.6 is 11.6 Å². The number of benzene rings is 1. The van der Waals surface area contributed by atoms with Crippen molar-refractivity contribution in [1.29, 1.82) is 0 Å². The molecular weight excluding hydrogens is 242 g/mol. The molecule has 0 fully saturated rings. The second kappa shape index (κ2) is 5.63. The number of hydrogen-bond donors (Lipinski definition) is 1. The third-order valence-electron chi connectivity index (χ3n) is 3.98. The van der Waals surface area contributed by atoms with E-state index in [1.807, 2.05) is 6.07 Å². The first kappa shape index (κ1) is 13.9. The standard InChI is InChI=1S/C16H24ClN/c1-4-5-6-9-18-15-14-10-13(17)8-7-12(14)11-16(15,2)3/h7-8,10,15,18H,4-6,9,11H2,1-3H3. The van der Waals surface area contributed by atoms with Crippen molar-refractivity contribution in [2.45, 2.75) is 52.5 Å². The molecule has 100 valence electrons. The fourth-order valence-electron chi connectivity index (χ4n) is 3.02. The van der Waals surface area contributed by atoms with Gasteiger partial charge in [-0.25, -0.2) is 0 Å². The average Bonchev–Trinajstić information content (AvgIpc) is 2.55. The molecule has 0 amide bonds. The molecule has 0 saturated carbocycles. The van der Waals surface area contributed by atoms with Gasteiger partial charge >= 0.3 is 0 Å². The Morgan fingerprint density at radius 1 is 1.33 bits per heavy atom. The van der Waals surface area contributed by atoms with Crippen LogP contribution in [-0.4, -0.2) is 6.54 Å². The number of unbranched alkanes of at least 4 members (excludes halogenated alkanes) is 2. The Hall–Kier alpha value is -0.530. The third-order valence-corrected chi connectivity index (χ3v) is 4.21. The first-order chi connectivity index (χ1) is 8.54. The van der Waals surface area contributed by atoms with E-state index in [9.17, 15) is 0 Å². The number of hydrogen-bond acceptors (Lipinski definition) is 1. The molecule has 1 aromatic carbocycles. The molecule has 2 heteroatoms. The summed E-state index contributed by atoms with van der Waals surface area (Å²) in [4.78, 5) is 0. The van der Waals surface area contributed by atoms with Crippen LogP contribution < -0.4 is 5.32 Å². The van der Waals surface area contributed by atoms with E-state index in [0.717, 1.165) is 18.0 Å². The molecule has 0 aliphatic heterocycles. The third kappa shape index (κ3) is 2.89. The zero-order valence-corrected chi connectivity index (χ0v) is 12.5. The van der Waals surface area contributed by atoms with Gasteiger partial charge in [0, 0.05) is 11.1 Å². The Bertz CT molecular complexity index is 412. The molecule has 0 heterocycles. The van der Waals surface area contributed by atoms with E-state index >= 15 is 0 Å². The first-order valence-electron chi connectivity index (χ1n) is 7.06. The van der Waals surface area contributed by atoms with Crippen LogP contribution in [0.25, 0.3) is 0 Å². The molecule has 1 nitrogen and oxygen atoms in total. The summed E-state index contributed by atoms with van der Waals surface area (Å²) in [6.45, 7) is 8.04. The van der Waals surface area contributed by atoms with Crippen molar-refractivity contribution in [3.8, 4) is 0 Å². The first-order valence-corrected chi connectivity index (χ1v) is 7.44. The second-order valence-corrected chi connectivity index (χ2v) is 6.54. The summed E-state index contributed by atoms with van der Waals surface area (Å²) in [5.74, 6) is 0. The number of fused-ring (bicyclic) bond motifs is 1. The van der Waals surface area contributed by atoms with Crippen LogP contribution in [0.4, 0.5) is 0 Å². The van der Waals surface area contributed by atoms with Crippen molar-refractivity contribution in [3.05, 3.63) is 34.3 Å². The van der Waals surface area contributed by atoms with Crippen molar-refractivity contribution >= 4 is 11.6 Å². The fourth-order valence-corrected chi connectivity index (χ4v) is 3.20. The zero-order chi connectivity index (χ0) is 13.2. The number of nitrogens with one attached hydrogen (secondary N) is 1. The van der Waals surface area contributed by atoms with Gasteiger partial charge in [0.05, 0.1) is 0 Å². The van der Waals surface area contributed by atoms with Gasteiger partial charge in [0.25, 0.3) is 0 Å². The van der Waals surface area contributed by atoms with Gasteiger partial charge in [-0.3, -0.25) is 0 Å². The van der Waals surface area contributed by atoms with Gasteiger partial charge in [0.15, 0.2) is 0 Å². The predicted octanol–water partition coefficient (Wildman–Crippen LogP) is 4.74. The van der Waals surface area contributed by atoms with Crippen LogP contribution in [-0.2, 0) is 6.42 Å². The highest BCUT2D eigenvalue weighted by Crippen LogP contribution is 2.45. The van der Waals surface area contributed by atoms with Gasteiger partial charge in [0.2, 0.25) is 0 Å². The molecule has 0 spiro atoms. The van der Waals surface area contributed by atoms with Crippen molar-refractivity contribution in [2.75, 3.05) is 6.54 Å². The SMILES string of the molecule is CCCCCNC1c2cc(Cl)ccc2CC1(C)C. The Morgan fingerprint density at radius 2 is 2.11 bits per heavy atom. The molecule has 1 N–H and O–H groups in total. The summed E-state index contributed by atoms with van der Waals surface area (Å²) >= 11 is 6.14. The summed E-state index contributed by atoms with van der Waals surface area (Å²) in [7, 11) is 0. The molecule has 18 heavy (non-hydrogen) atoms. The van der Waals surface area contributed by atoms with Crippen LogP contribution in [0.15, 0.2) is 18.2 Å². The van der Waals surface area contributed by atoms with Gasteiger partial charge in [-0.2, -0.15) is 0 Å². The van der Waals surface area contributed by atoms with E-state index in [1.165, 1.54) is 30.4 Å². The lowest BCUT2D eigenvalue weighted by atomic mass is 9.85. The average molecular weight is 266 g/mol. The summed E-state index contributed by atoms with van der Waals surface area (Å²) < 4.78 is 0. The quantitative estimate of drug-likeness (QED) is 0.758. The minimum absolute atomic E-state index is 0.291. The van der Waals surface area contributed by atoms with E-state index in [2.05, 4.69) is 38.2 Å². The molecule has 0 bridgehead atoms. The van der Waals surface area contributed by atoms with Gasteiger partial charge in [-0.1, -0.05) is 51.3 Å². The summed E-state index contributed by atoms with van der Waals surface area (Å²) in [5.41, 5.74) is 3.15. The number of halogens is 1. The summed E-state index contributed by atoms with van der Waals surface area (Å²) in [6.07, 6.45) is 4.99. The minimum Gasteiger partial charge on any atom is -0.309 e. The Labute approximate surface area is 116 Å². The largest absolute Gasteiger partial charge is 0.309 e. The monoisotopic (exact) mass is 265 g/mol. The van der Waals surface area contributed by atoms with Crippen molar-refractivity contribution in [1.82, 2.24) is 5.32 Å². The number of rotatable bonds is 5. The van der Waals surface area contributed by atoms with E-state index in [0.29, 0.717) is 11.5 Å². The van der Waals surface area contributed by atoms with Crippen molar-refractivity contribution < 1.29 is 0 Å². The molecule has 0 aromatic heterocycles. The maximum atomic E-state index is 6.14. The highest BCUT2D eigenvalue weighted by atomic mass is 35.5. The Balaban J connectivity index is 2.10. The molecule has 1 aliphatic carbocycles. The lowest BCUT2D eigenvalue weighted by molar-refractivity contribution is 0.268. The molecule has 1 unspecified atom stereocenters. The smallest absolute Gasteiger partial charge is 0.0409 e. The van der Waals surface area contributed by atoms with Crippen LogP contribution in [0.3, 0.4) is 0 Å². The lowest BCUT2D eigenvalue weighted by Crippen LogP contribution is -2.31. The zero-order valence-electron chi connectivity index (χ0n) is 11.7. The minimum atomic E-state index is 0.291. The lowest BCUT2D eigenvalue weighted by Gasteiger charge is -2.28. The molecule has 1 atom stereocenters. The fraction of sp³-hybridized carbons (Fsp3) is 0.625. The molecule has 1 aromatic rings. The molecule has 0 saturated heterocycles. The van der Waals surface area contributed by atoms with E-state index in [1.54, 1.807) is 0 Å². The van der Waals surface area contributed by atoms with Crippen LogP contribution in [0, 0.1) is 5.41 Å². The highest BCUT2D eigenvalue weighted by molar-refractivity contribution is 6.30. The summed E-state index contributed by atoms with van der Waals surface area (Å²) in [6, 6.07) is 6.79. The van der Waals surface area contributed by atoms with E-state index in [4.69, 9.17) is 11.6 Å². The van der Waals surface area contributed by atoms with Crippen LogP contribution in [0.1, 0.15) is 57.2 Å². The van der Waals surface area contributed by atoms with E-state index in [-0.39, 0.29) is 0 Å². The molecule has 0 radical (unpaired) electrons. The van der Waals surface area contributed by atoms with Crippen molar-refractivity contribution in [3.63, 3.8) is 0 Å². The van der Waals surface area contributed by atoms with Crippen LogP contribution in [0.2, 0.25) is 5.02 Å². The van der Waals surface area contributed by atoms with Crippen molar-refractivity contribution in [2.24, 2.45) is 5.41 Å². The van der Waals surface area contributed by atoms with Gasteiger partial charge in [0.1, 0.15) is 0 Å². The van der Waals surface area contributed by atoms with E-state index < -0.39 is 0 Å². The maximum Gasteiger partial charge on any atom is 0.0409 e. The maximum absolute atomic E-state index is 6.14. The molecular formula is C16H24ClN. The van der Waals surface area contributed by atoms with Crippen LogP contribution in [0.5, 0.6) is 0 Å². The highest BCUT2D eigenvalue weighted by Gasteiger charge is 2.38. The second-order valence-electron chi connectivity index (χ2n) is 6.10. The summed E-state index contributed by atoms with van der Waals surface area (Å²) in [5, 5.41) is 4.58. The topological polar surface area (TPSA) is 12.0 Å². The van der Waals surface area contributed by atoms with Gasteiger partial charge < -0.3 is 5.32 Å². The predicted molar refractivity (Wildman–Crippen MR) is 79.2 cm³/mol. The molecule has 1 aliphatic rings. The molecule has 2 rings (SSSR count). The Kier molecular flexibility index (Phi) is 4.34. The normalized spacial score (nSPS) is 21.0. The van der Waals surface area contributed by atoms with Gasteiger partial charge in [-0.15, -0.1) is 0 Å². The van der Waals surface area contributed by atoms with Gasteiger partial charge in [-0.05, 0) is 48.1 Å².